The number of nitrogens with zero attached hydrogens (tertiary/aromatic N) is 5. The van der Waals surface area contributed by atoms with Crippen molar-refractivity contribution < 1.29 is 9.90 Å². The van der Waals surface area contributed by atoms with Crippen LogP contribution in [0.3, 0.4) is 0 Å². The van der Waals surface area contributed by atoms with Crippen molar-refractivity contribution in [2.45, 2.75) is 48.5 Å². The van der Waals surface area contributed by atoms with Crippen LogP contribution in [0.2, 0.25) is 0 Å². The molecule has 210 valence electrons. The zero-order chi connectivity index (χ0) is 29.7. The molecule has 0 atom stereocenters. The molecule has 41 heavy (non-hydrogen) atoms. The number of phenolic OH excluding ortho intramolecular Hbond substituents is 1. The average molecular weight is 568 g/mol. The summed E-state index contributed by atoms with van der Waals surface area (Å²) in [5.41, 5.74) is 3.86. The van der Waals surface area contributed by atoms with Gasteiger partial charge in [0.1, 0.15) is 17.3 Å². The van der Waals surface area contributed by atoms with E-state index in [0.29, 0.717) is 44.9 Å². The number of phenols is 1. The van der Waals surface area contributed by atoms with Crippen molar-refractivity contribution in [2.24, 2.45) is 10.2 Å². The molecule has 2 heterocycles. The minimum absolute atomic E-state index is 0.0462. The molecule has 0 fully saturated rings. The summed E-state index contributed by atoms with van der Waals surface area (Å²) in [6.07, 6.45) is 0. The minimum atomic E-state index is -0.229. The van der Waals surface area contributed by atoms with Crippen LogP contribution < -0.4 is 10.6 Å². The second-order valence-electron chi connectivity index (χ2n) is 9.24. The number of hydrogen-bond acceptors (Lipinski definition) is 9. The van der Waals surface area contributed by atoms with Gasteiger partial charge in [0.05, 0.1) is 16.3 Å². The summed E-state index contributed by atoms with van der Waals surface area (Å²) in [6.45, 7) is 13.4. The first-order chi connectivity index (χ1) is 19.7. The summed E-state index contributed by atoms with van der Waals surface area (Å²) in [6, 6.07) is 16.8. The van der Waals surface area contributed by atoms with Gasteiger partial charge in [0.15, 0.2) is 5.75 Å². The van der Waals surface area contributed by atoms with Crippen molar-refractivity contribution in [1.82, 2.24) is 15.0 Å². The molecule has 0 bridgehead atoms. The number of thiophene rings is 1. The van der Waals surface area contributed by atoms with Crippen LogP contribution in [0.1, 0.15) is 51.2 Å². The number of anilines is 3. The number of benzene rings is 3. The Bertz CT molecular complexity index is 1740. The van der Waals surface area contributed by atoms with Gasteiger partial charge in [-0.1, -0.05) is 32.0 Å². The lowest BCUT2D eigenvalue weighted by atomic mass is 10.0. The highest BCUT2D eigenvalue weighted by atomic mass is 32.1. The highest BCUT2D eigenvalue weighted by molar-refractivity contribution is 7.14. The largest absolute Gasteiger partial charge is 0.505 e. The van der Waals surface area contributed by atoms with Crippen molar-refractivity contribution >= 4 is 56.7 Å². The normalized spacial score (nSPS) is 10.9. The Hall–Kier alpha value is -4.70. The lowest BCUT2D eigenvalue weighted by Crippen LogP contribution is -2.10. The molecule has 10 heteroatoms. The lowest BCUT2D eigenvalue weighted by molar-refractivity contribution is 0.103. The maximum atomic E-state index is 12.8. The Kier molecular flexibility index (Phi) is 9.04. The van der Waals surface area contributed by atoms with Crippen LogP contribution in [0.4, 0.5) is 28.7 Å². The van der Waals surface area contributed by atoms with Gasteiger partial charge in [0.2, 0.25) is 5.95 Å². The standard InChI is InChI=1S/C29H27N7O2S.C2H6/c1-15-9-11-21(33-29-31-18(4)30-19(5)32-29)14-23(15)35-36-26-16(2)13-20-7-6-8-22(25(20)27(26)37)34-28(38)24-12-10-17(3)39-24;1-2/h6-14,37H,1-5H3,(H,34,38)(H,30,31,32,33);1-2H3. The van der Waals surface area contributed by atoms with Gasteiger partial charge in [-0.15, -0.1) is 16.5 Å². The Labute approximate surface area is 243 Å². The summed E-state index contributed by atoms with van der Waals surface area (Å²) in [5.74, 6) is 1.42. The summed E-state index contributed by atoms with van der Waals surface area (Å²) in [4.78, 5) is 27.3. The highest BCUT2D eigenvalue weighted by Crippen LogP contribution is 2.42. The van der Waals surface area contributed by atoms with Crippen molar-refractivity contribution in [2.75, 3.05) is 10.6 Å². The molecule has 0 aliphatic heterocycles. The Balaban J connectivity index is 0.00000189. The molecule has 0 spiro atoms. The Morgan fingerprint density at radius 1 is 0.854 bits per heavy atom. The molecular formula is C31H33N7O2S. The second kappa shape index (κ2) is 12.6. The van der Waals surface area contributed by atoms with Crippen LogP contribution in [0.25, 0.3) is 10.8 Å². The fraction of sp³-hybridized carbons (Fsp3) is 0.226. The third-order valence-corrected chi connectivity index (χ3v) is 7.10. The van der Waals surface area contributed by atoms with Gasteiger partial charge in [0, 0.05) is 16.0 Å². The molecule has 0 saturated heterocycles. The SMILES string of the molecule is CC.Cc1nc(C)nc(Nc2ccc(C)c(N=Nc3c(C)cc4cccc(NC(=O)c5ccc(C)s5)c4c3O)c2)n1. The summed E-state index contributed by atoms with van der Waals surface area (Å²) < 4.78 is 0. The summed E-state index contributed by atoms with van der Waals surface area (Å²) in [7, 11) is 0. The van der Waals surface area contributed by atoms with Crippen molar-refractivity contribution in [3.8, 4) is 5.75 Å². The van der Waals surface area contributed by atoms with Crippen LogP contribution in [-0.4, -0.2) is 26.0 Å². The van der Waals surface area contributed by atoms with E-state index < -0.39 is 0 Å². The molecule has 0 unspecified atom stereocenters. The van der Waals surface area contributed by atoms with E-state index in [0.717, 1.165) is 27.1 Å². The molecule has 3 aromatic carbocycles. The first-order valence-corrected chi connectivity index (χ1v) is 14.1. The van der Waals surface area contributed by atoms with Crippen LogP contribution in [0, 0.1) is 34.6 Å². The van der Waals surface area contributed by atoms with Gasteiger partial charge in [-0.2, -0.15) is 15.1 Å². The number of carbonyl (C=O) groups is 1. The van der Waals surface area contributed by atoms with E-state index >= 15 is 0 Å². The highest BCUT2D eigenvalue weighted by Gasteiger charge is 2.17. The average Bonchev–Trinajstić information content (AvgIpc) is 3.37. The summed E-state index contributed by atoms with van der Waals surface area (Å²) >= 11 is 1.42. The smallest absolute Gasteiger partial charge is 0.265 e. The first-order valence-electron chi connectivity index (χ1n) is 13.3. The minimum Gasteiger partial charge on any atom is -0.505 e. The Morgan fingerprint density at radius 3 is 2.27 bits per heavy atom. The molecule has 2 aromatic heterocycles. The van der Waals surface area contributed by atoms with E-state index in [2.05, 4.69) is 35.8 Å². The number of fused-ring (bicyclic) bond motifs is 1. The first kappa shape index (κ1) is 29.3. The zero-order valence-electron chi connectivity index (χ0n) is 24.2. The van der Waals surface area contributed by atoms with E-state index in [4.69, 9.17) is 0 Å². The van der Waals surface area contributed by atoms with Crippen LogP contribution in [-0.2, 0) is 0 Å². The summed E-state index contributed by atoms with van der Waals surface area (Å²) in [5, 5.41) is 27.6. The molecule has 5 rings (SSSR count). The van der Waals surface area contributed by atoms with E-state index in [1.807, 2.05) is 90.9 Å². The van der Waals surface area contributed by atoms with Crippen molar-refractivity contribution in [3.63, 3.8) is 0 Å². The topological polar surface area (TPSA) is 125 Å². The third-order valence-electron chi connectivity index (χ3n) is 6.10. The lowest BCUT2D eigenvalue weighted by Gasteiger charge is -2.13. The third kappa shape index (κ3) is 6.72. The van der Waals surface area contributed by atoms with E-state index in [1.165, 1.54) is 11.3 Å². The number of aryl methyl sites for hydroxylation is 5. The number of aromatic hydroxyl groups is 1. The van der Waals surface area contributed by atoms with Gasteiger partial charge in [-0.25, -0.2) is 4.98 Å². The van der Waals surface area contributed by atoms with Crippen LogP contribution in [0.5, 0.6) is 5.75 Å². The molecule has 5 aromatic rings. The fourth-order valence-corrected chi connectivity index (χ4v) is 4.99. The van der Waals surface area contributed by atoms with Gasteiger partial charge in [0.25, 0.3) is 5.91 Å². The molecule has 0 saturated carbocycles. The van der Waals surface area contributed by atoms with Crippen LogP contribution in [0.15, 0.2) is 64.8 Å². The number of carbonyl (C=O) groups excluding carboxylic acids is 1. The number of aromatic nitrogens is 3. The molecule has 1 amide bonds. The van der Waals surface area contributed by atoms with Crippen molar-refractivity contribution in [3.05, 3.63) is 87.1 Å². The molecule has 0 aliphatic rings. The molecule has 0 aliphatic carbocycles. The predicted molar refractivity (Wildman–Crippen MR) is 167 cm³/mol. The molecule has 0 radical (unpaired) electrons. The zero-order valence-corrected chi connectivity index (χ0v) is 25.0. The number of azo groups is 1. The fourth-order valence-electron chi connectivity index (χ4n) is 4.23. The second-order valence-corrected chi connectivity index (χ2v) is 10.5. The van der Waals surface area contributed by atoms with Crippen LogP contribution >= 0.6 is 11.3 Å². The van der Waals surface area contributed by atoms with E-state index in [-0.39, 0.29) is 11.7 Å². The number of rotatable bonds is 6. The van der Waals surface area contributed by atoms with Gasteiger partial charge in [-0.05, 0) is 87.5 Å². The van der Waals surface area contributed by atoms with Gasteiger partial charge < -0.3 is 15.7 Å². The quantitative estimate of drug-likeness (QED) is 0.176. The number of amides is 1. The Morgan fingerprint density at radius 2 is 1.59 bits per heavy atom. The van der Waals surface area contributed by atoms with Crippen molar-refractivity contribution in [1.29, 1.82) is 0 Å². The van der Waals surface area contributed by atoms with Gasteiger partial charge in [-0.3, -0.25) is 4.79 Å². The molecular weight excluding hydrogens is 534 g/mol. The number of hydrogen-bond donors (Lipinski definition) is 3. The maximum absolute atomic E-state index is 12.8. The number of nitrogens with one attached hydrogen (secondary N) is 2. The molecule has 9 nitrogen and oxygen atoms in total. The van der Waals surface area contributed by atoms with Gasteiger partial charge >= 0.3 is 0 Å². The maximum Gasteiger partial charge on any atom is 0.265 e. The van der Waals surface area contributed by atoms with E-state index in [9.17, 15) is 9.90 Å². The predicted octanol–water partition coefficient (Wildman–Crippen LogP) is 8.77. The monoisotopic (exact) mass is 567 g/mol. The molecule has 3 N–H and O–H groups in total. The van der Waals surface area contributed by atoms with E-state index in [1.54, 1.807) is 12.1 Å².